The minimum Gasteiger partial charge on any atom is -0.350 e. The lowest BCUT2D eigenvalue weighted by Gasteiger charge is -2.34. The predicted octanol–water partition coefficient (Wildman–Crippen LogP) is 4.27. The maximum Gasteiger partial charge on any atom is 0.254 e. The highest BCUT2D eigenvalue weighted by atomic mass is 32.1. The number of hydrogen-bond acceptors (Lipinski definition) is 6. The van der Waals surface area contributed by atoms with Crippen LogP contribution < -0.4 is 0 Å². The van der Waals surface area contributed by atoms with Crippen molar-refractivity contribution in [3.8, 4) is 10.6 Å². The molecule has 0 atom stereocenters. The summed E-state index contributed by atoms with van der Waals surface area (Å²) in [4.78, 5) is 22.8. The number of thiophene rings is 1. The van der Waals surface area contributed by atoms with E-state index in [1.54, 1.807) is 17.5 Å². The molecule has 3 aromatic heterocycles. The van der Waals surface area contributed by atoms with Gasteiger partial charge in [0, 0.05) is 29.9 Å². The van der Waals surface area contributed by atoms with Crippen molar-refractivity contribution < 1.29 is 14.3 Å². The molecule has 7 nitrogen and oxygen atoms in total. The van der Waals surface area contributed by atoms with Crippen molar-refractivity contribution in [1.29, 1.82) is 0 Å². The van der Waals surface area contributed by atoms with E-state index in [1.165, 1.54) is 4.88 Å². The first-order chi connectivity index (χ1) is 15.0. The smallest absolute Gasteiger partial charge is 0.254 e. The quantitative estimate of drug-likeness (QED) is 0.606. The van der Waals surface area contributed by atoms with E-state index in [4.69, 9.17) is 14.5 Å². The zero-order chi connectivity index (χ0) is 21.5. The average Bonchev–Trinajstić information content (AvgIpc) is 3.53. The number of hydrogen-bond donors (Lipinski definition) is 0. The Morgan fingerprint density at radius 2 is 1.94 bits per heavy atom. The number of rotatable bonds is 4. The van der Waals surface area contributed by atoms with Gasteiger partial charge in [0.25, 0.3) is 5.91 Å². The van der Waals surface area contributed by atoms with Gasteiger partial charge in [0.1, 0.15) is 0 Å². The standard InChI is InChI=1S/C23H28N4O3S/c1-14(2)27-21-18(13-24-27)17(12-19(25-21)20-5-4-15(3)31-20)22(28)26-8-6-16(7-9-26)23-29-10-11-30-23/h4-5,12-14,16,23H,6-11H2,1-3H3. The first kappa shape index (κ1) is 20.6. The average molecular weight is 441 g/mol. The van der Waals surface area contributed by atoms with Crippen LogP contribution in [0.3, 0.4) is 0 Å². The first-order valence-corrected chi connectivity index (χ1v) is 11.8. The number of aromatic nitrogens is 3. The van der Waals surface area contributed by atoms with Crippen molar-refractivity contribution in [3.05, 3.63) is 34.8 Å². The lowest BCUT2D eigenvalue weighted by molar-refractivity contribution is -0.0956. The molecule has 0 aromatic carbocycles. The van der Waals surface area contributed by atoms with E-state index in [0.717, 1.165) is 34.4 Å². The van der Waals surface area contributed by atoms with Gasteiger partial charge in [0.05, 0.1) is 40.9 Å². The number of piperidine rings is 1. The number of pyridine rings is 1. The van der Waals surface area contributed by atoms with Gasteiger partial charge in [-0.15, -0.1) is 11.3 Å². The first-order valence-electron chi connectivity index (χ1n) is 11.0. The lowest BCUT2D eigenvalue weighted by atomic mass is 9.95. The van der Waals surface area contributed by atoms with Gasteiger partial charge < -0.3 is 14.4 Å². The molecule has 2 fully saturated rings. The number of carbonyl (C=O) groups excluding carboxylic acids is 1. The van der Waals surface area contributed by atoms with Crippen molar-refractivity contribution in [1.82, 2.24) is 19.7 Å². The number of carbonyl (C=O) groups is 1. The zero-order valence-electron chi connectivity index (χ0n) is 18.2. The Kier molecular flexibility index (Phi) is 5.54. The van der Waals surface area contributed by atoms with Crippen LogP contribution in [-0.4, -0.2) is 58.2 Å². The van der Waals surface area contributed by atoms with E-state index in [-0.39, 0.29) is 18.2 Å². The molecule has 5 rings (SSSR count). The van der Waals surface area contributed by atoms with E-state index in [1.807, 2.05) is 15.6 Å². The summed E-state index contributed by atoms with van der Waals surface area (Å²) in [5, 5.41) is 5.36. The van der Waals surface area contributed by atoms with Crippen LogP contribution in [-0.2, 0) is 9.47 Å². The Balaban J connectivity index is 1.47. The molecule has 164 valence electrons. The molecule has 1 amide bonds. The second-order valence-electron chi connectivity index (χ2n) is 8.63. The Labute approximate surface area is 186 Å². The second-order valence-corrected chi connectivity index (χ2v) is 9.91. The fourth-order valence-electron chi connectivity index (χ4n) is 4.47. The largest absolute Gasteiger partial charge is 0.350 e. The molecule has 0 spiro atoms. The summed E-state index contributed by atoms with van der Waals surface area (Å²) in [5.74, 6) is 0.411. The van der Waals surface area contributed by atoms with Crippen molar-refractivity contribution in [2.45, 2.75) is 45.9 Å². The molecule has 2 aliphatic rings. The molecule has 0 aliphatic carbocycles. The van der Waals surface area contributed by atoms with E-state index in [0.29, 0.717) is 37.8 Å². The number of fused-ring (bicyclic) bond motifs is 1. The summed E-state index contributed by atoms with van der Waals surface area (Å²) in [6, 6.07) is 6.27. The molecule has 0 bridgehead atoms. The molecule has 31 heavy (non-hydrogen) atoms. The molecular weight excluding hydrogens is 412 g/mol. The molecule has 0 radical (unpaired) electrons. The normalized spacial score (nSPS) is 18.5. The Bertz CT molecular complexity index is 1090. The molecule has 3 aromatic rings. The molecule has 0 N–H and O–H groups in total. The van der Waals surface area contributed by atoms with Gasteiger partial charge in [-0.3, -0.25) is 4.79 Å². The summed E-state index contributed by atoms with van der Waals surface area (Å²) in [5.41, 5.74) is 2.29. The van der Waals surface area contributed by atoms with E-state index < -0.39 is 0 Å². The van der Waals surface area contributed by atoms with Crippen LogP contribution >= 0.6 is 11.3 Å². The van der Waals surface area contributed by atoms with Gasteiger partial charge in [-0.25, -0.2) is 9.67 Å². The maximum absolute atomic E-state index is 13.6. The highest BCUT2D eigenvalue weighted by Crippen LogP contribution is 2.32. The third-order valence-corrected chi connectivity index (χ3v) is 7.16. The highest BCUT2D eigenvalue weighted by molar-refractivity contribution is 7.15. The number of likely N-dealkylation sites (tertiary alicyclic amines) is 1. The third kappa shape index (κ3) is 3.88. The molecule has 2 aliphatic heterocycles. The van der Waals surface area contributed by atoms with Crippen LogP contribution in [0, 0.1) is 12.8 Å². The monoisotopic (exact) mass is 440 g/mol. The van der Waals surface area contributed by atoms with Crippen molar-refractivity contribution in [2.24, 2.45) is 5.92 Å². The topological polar surface area (TPSA) is 69.5 Å². The van der Waals surface area contributed by atoms with Gasteiger partial charge in [0.15, 0.2) is 11.9 Å². The van der Waals surface area contributed by atoms with Crippen LogP contribution in [0.2, 0.25) is 0 Å². The van der Waals surface area contributed by atoms with Crippen LogP contribution in [0.5, 0.6) is 0 Å². The predicted molar refractivity (Wildman–Crippen MR) is 120 cm³/mol. The molecular formula is C23H28N4O3S. The molecule has 5 heterocycles. The molecule has 0 unspecified atom stereocenters. The number of ether oxygens (including phenoxy) is 2. The zero-order valence-corrected chi connectivity index (χ0v) is 19.0. The highest BCUT2D eigenvalue weighted by Gasteiger charge is 2.33. The minimum absolute atomic E-state index is 0.0527. The Hall–Kier alpha value is -2.29. The number of amides is 1. The fourth-order valence-corrected chi connectivity index (χ4v) is 5.29. The van der Waals surface area contributed by atoms with Gasteiger partial charge in [-0.05, 0) is 51.8 Å². The Morgan fingerprint density at radius 3 is 2.58 bits per heavy atom. The van der Waals surface area contributed by atoms with E-state index in [2.05, 4.69) is 38.0 Å². The number of nitrogens with zero attached hydrogens (tertiary/aromatic N) is 4. The van der Waals surface area contributed by atoms with Crippen LogP contribution in [0.1, 0.15) is 48.0 Å². The van der Waals surface area contributed by atoms with E-state index in [9.17, 15) is 4.79 Å². The molecule has 2 saturated heterocycles. The van der Waals surface area contributed by atoms with Crippen LogP contribution in [0.15, 0.2) is 24.4 Å². The van der Waals surface area contributed by atoms with Crippen molar-refractivity contribution >= 4 is 28.3 Å². The lowest BCUT2D eigenvalue weighted by Crippen LogP contribution is -2.41. The molecule has 0 saturated carbocycles. The van der Waals surface area contributed by atoms with Crippen LogP contribution in [0.4, 0.5) is 0 Å². The molecule has 8 heteroatoms. The number of aryl methyl sites for hydroxylation is 1. The summed E-state index contributed by atoms with van der Waals surface area (Å²) in [6.45, 7) is 9.00. The SMILES string of the molecule is Cc1ccc(-c2cc(C(=O)N3CCC(C4OCCO4)CC3)c3cnn(C(C)C)c3n2)s1. The summed E-state index contributed by atoms with van der Waals surface area (Å²) in [7, 11) is 0. The van der Waals surface area contributed by atoms with Crippen molar-refractivity contribution in [3.63, 3.8) is 0 Å². The maximum atomic E-state index is 13.6. The van der Waals surface area contributed by atoms with Gasteiger partial charge >= 0.3 is 0 Å². The van der Waals surface area contributed by atoms with Gasteiger partial charge in [-0.1, -0.05) is 0 Å². The second kappa shape index (κ2) is 8.33. The van der Waals surface area contributed by atoms with Crippen molar-refractivity contribution in [2.75, 3.05) is 26.3 Å². The fraction of sp³-hybridized carbons (Fsp3) is 0.522. The Morgan fingerprint density at radius 1 is 1.19 bits per heavy atom. The van der Waals surface area contributed by atoms with Gasteiger partial charge in [-0.2, -0.15) is 5.10 Å². The van der Waals surface area contributed by atoms with Gasteiger partial charge in [0.2, 0.25) is 0 Å². The van der Waals surface area contributed by atoms with Crippen LogP contribution in [0.25, 0.3) is 21.6 Å². The summed E-state index contributed by atoms with van der Waals surface area (Å²) >= 11 is 1.69. The summed E-state index contributed by atoms with van der Waals surface area (Å²) in [6.07, 6.45) is 3.47. The third-order valence-electron chi connectivity index (χ3n) is 6.14. The van der Waals surface area contributed by atoms with E-state index >= 15 is 0 Å². The minimum atomic E-state index is -0.108. The summed E-state index contributed by atoms with van der Waals surface area (Å²) < 4.78 is 13.3.